The average Bonchev–Trinajstić information content (AvgIpc) is 3.29. The lowest BCUT2D eigenvalue weighted by Crippen LogP contribution is -2.23. The number of aryl methyl sites for hydroxylation is 1. The molecule has 1 nitrogen and oxygen atoms in total. The number of hydrogen-bond acceptors (Lipinski definition) is 1. The summed E-state index contributed by atoms with van der Waals surface area (Å²) in [5.41, 5.74) is 2.83. The van der Waals surface area contributed by atoms with Crippen LogP contribution >= 0.6 is 0 Å². The Balaban J connectivity index is 1.74. The zero-order valence-electron chi connectivity index (χ0n) is 12.1. The maximum atomic E-state index is 13.7. The first kappa shape index (κ1) is 14.2. The highest BCUT2D eigenvalue weighted by Crippen LogP contribution is 2.41. The van der Waals surface area contributed by atoms with Crippen LogP contribution in [0, 0.1) is 24.5 Å². The van der Waals surface area contributed by atoms with Crippen molar-refractivity contribution in [2.75, 3.05) is 0 Å². The molecule has 1 N–H and O–H groups in total. The molecule has 21 heavy (non-hydrogen) atoms. The highest BCUT2D eigenvalue weighted by molar-refractivity contribution is 5.26. The molecule has 0 amide bonds. The summed E-state index contributed by atoms with van der Waals surface area (Å²) in [6, 6.07) is 12.2. The van der Waals surface area contributed by atoms with Crippen molar-refractivity contribution < 1.29 is 8.78 Å². The molecule has 2 aromatic rings. The highest BCUT2D eigenvalue weighted by atomic mass is 19.1. The van der Waals surface area contributed by atoms with E-state index in [9.17, 15) is 8.78 Å². The molecular weight excluding hydrogens is 268 g/mol. The molecule has 0 radical (unpaired) electrons. The fraction of sp³-hybridized carbons (Fsp3) is 0.333. The largest absolute Gasteiger partial charge is 0.305 e. The van der Waals surface area contributed by atoms with E-state index in [0.29, 0.717) is 18.0 Å². The SMILES string of the molecule is Cc1ccc(C(NCc2cc(F)ccc2F)C2CC2)cc1. The first-order valence-electron chi connectivity index (χ1n) is 7.37. The Bertz CT molecular complexity index is 618. The fourth-order valence-electron chi connectivity index (χ4n) is 2.66. The third-order valence-corrected chi connectivity index (χ3v) is 4.05. The van der Waals surface area contributed by atoms with Crippen LogP contribution in [0.3, 0.4) is 0 Å². The number of rotatable bonds is 5. The Labute approximate surface area is 124 Å². The molecule has 3 rings (SSSR count). The summed E-state index contributed by atoms with van der Waals surface area (Å²) < 4.78 is 26.9. The van der Waals surface area contributed by atoms with Gasteiger partial charge in [-0.3, -0.25) is 0 Å². The van der Waals surface area contributed by atoms with Gasteiger partial charge in [0, 0.05) is 18.2 Å². The van der Waals surface area contributed by atoms with Crippen molar-refractivity contribution in [3.05, 3.63) is 70.8 Å². The van der Waals surface area contributed by atoms with Gasteiger partial charge in [0.2, 0.25) is 0 Å². The molecule has 1 aliphatic carbocycles. The lowest BCUT2D eigenvalue weighted by Gasteiger charge is -2.19. The summed E-state index contributed by atoms with van der Waals surface area (Å²) in [6.07, 6.45) is 2.38. The van der Waals surface area contributed by atoms with E-state index in [0.717, 1.165) is 6.07 Å². The third kappa shape index (κ3) is 3.48. The lowest BCUT2D eigenvalue weighted by atomic mass is 10.0. The van der Waals surface area contributed by atoms with Crippen LogP contribution in [0.5, 0.6) is 0 Å². The molecule has 3 heteroatoms. The Hall–Kier alpha value is -1.74. The molecule has 0 aromatic heterocycles. The van der Waals surface area contributed by atoms with E-state index in [-0.39, 0.29) is 11.9 Å². The molecule has 1 fully saturated rings. The Morgan fingerprint density at radius 1 is 1.10 bits per heavy atom. The standard InChI is InChI=1S/C18H19F2N/c1-12-2-4-13(5-3-12)18(14-6-7-14)21-11-15-10-16(19)8-9-17(15)20/h2-5,8-10,14,18,21H,6-7,11H2,1H3. The van der Waals surface area contributed by atoms with Gasteiger partial charge in [0.15, 0.2) is 0 Å². The molecular formula is C18H19F2N. The van der Waals surface area contributed by atoms with Gasteiger partial charge in [-0.2, -0.15) is 0 Å². The van der Waals surface area contributed by atoms with Gasteiger partial charge >= 0.3 is 0 Å². The lowest BCUT2D eigenvalue weighted by molar-refractivity contribution is 0.469. The second-order valence-corrected chi connectivity index (χ2v) is 5.84. The predicted molar refractivity (Wildman–Crippen MR) is 79.8 cm³/mol. The molecule has 110 valence electrons. The van der Waals surface area contributed by atoms with E-state index in [4.69, 9.17) is 0 Å². The molecule has 1 atom stereocenters. The summed E-state index contributed by atoms with van der Waals surface area (Å²) in [6.45, 7) is 2.41. The minimum Gasteiger partial charge on any atom is -0.305 e. The molecule has 1 saturated carbocycles. The van der Waals surface area contributed by atoms with Crippen LogP contribution in [-0.2, 0) is 6.54 Å². The van der Waals surface area contributed by atoms with E-state index >= 15 is 0 Å². The molecule has 0 bridgehead atoms. The molecule has 1 aliphatic rings. The molecule has 1 unspecified atom stereocenters. The number of halogens is 2. The van der Waals surface area contributed by atoms with Crippen molar-refractivity contribution >= 4 is 0 Å². The topological polar surface area (TPSA) is 12.0 Å². The van der Waals surface area contributed by atoms with Crippen LogP contribution in [-0.4, -0.2) is 0 Å². The van der Waals surface area contributed by atoms with E-state index in [1.165, 1.54) is 36.1 Å². The Morgan fingerprint density at radius 3 is 2.48 bits per heavy atom. The number of benzene rings is 2. The van der Waals surface area contributed by atoms with Crippen molar-refractivity contribution in [1.82, 2.24) is 5.32 Å². The van der Waals surface area contributed by atoms with Crippen LogP contribution < -0.4 is 5.32 Å². The molecule has 2 aromatic carbocycles. The van der Waals surface area contributed by atoms with Crippen molar-refractivity contribution in [1.29, 1.82) is 0 Å². The second-order valence-electron chi connectivity index (χ2n) is 5.84. The Kier molecular flexibility index (Phi) is 4.02. The van der Waals surface area contributed by atoms with Crippen LogP contribution in [0.2, 0.25) is 0 Å². The number of nitrogens with one attached hydrogen (secondary N) is 1. The van der Waals surface area contributed by atoms with Crippen molar-refractivity contribution in [3.8, 4) is 0 Å². The molecule has 0 spiro atoms. The predicted octanol–water partition coefficient (Wildman–Crippen LogP) is 4.51. The van der Waals surface area contributed by atoms with Crippen molar-refractivity contribution in [3.63, 3.8) is 0 Å². The normalized spacial score (nSPS) is 16.0. The number of hydrogen-bond donors (Lipinski definition) is 1. The maximum Gasteiger partial charge on any atom is 0.127 e. The van der Waals surface area contributed by atoms with Crippen LogP contribution in [0.1, 0.15) is 35.6 Å². The van der Waals surface area contributed by atoms with E-state index in [1.54, 1.807) is 0 Å². The van der Waals surface area contributed by atoms with Gasteiger partial charge < -0.3 is 5.32 Å². The van der Waals surface area contributed by atoms with Gasteiger partial charge in [0.05, 0.1) is 0 Å². The zero-order valence-corrected chi connectivity index (χ0v) is 12.1. The van der Waals surface area contributed by atoms with Crippen molar-refractivity contribution in [2.24, 2.45) is 5.92 Å². The first-order valence-corrected chi connectivity index (χ1v) is 7.37. The molecule has 0 saturated heterocycles. The summed E-state index contributed by atoms with van der Waals surface area (Å²) in [5.74, 6) is -0.154. The highest BCUT2D eigenvalue weighted by Gasteiger charge is 2.32. The first-order chi connectivity index (χ1) is 10.1. The monoisotopic (exact) mass is 287 g/mol. The van der Waals surface area contributed by atoms with Gasteiger partial charge in [-0.15, -0.1) is 0 Å². The van der Waals surface area contributed by atoms with Gasteiger partial charge in [-0.25, -0.2) is 8.78 Å². The summed E-state index contributed by atoms with van der Waals surface area (Å²) in [4.78, 5) is 0. The minimum atomic E-state index is -0.397. The third-order valence-electron chi connectivity index (χ3n) is 4.05. The van der Waals surface area contributed by atoms with E-state index in [1.807, 2.05) is 0 Å². The van der Waals surface area contributed by atoms with Gasteiger partial charge in [-0.1, -0.05) is 29.8 Å². The molecule has 0 heterocycles. The van der Waals surface area contributed by atoms with Crippen LogP contribution in [0.15, 0.2) is 42.5 Å². The summed E-state index contributed by atoms with van der Waals surface area (Å²) in [7, 11) is 0. The van der Waals surface area contributed by atoms with E-state index < -0.39 is 5.82 Å². The van der Waals surface area contributed by atoms with E-state index in [2.05, 4.69) is 36.5 Å². The van der Waals surface area contributed by atoms with Crippen LogP contribution in [0.25, 0.3) is 0 Å². The maximum absolute atomic E-state index is 13.7. The van der Waals surface area contributed by atoms with Crippen molar-refractivity contribution in [2.45, 2.75) is 32.4 Å². The summed E-state index contributed by atoms with van der Waals surface area (Å²) in [5, 5.41) is 3.40. The average molecular weight is 287 g/mol. The smallest absolute Gasteiger partial charge is 0.127 e. The Morgan fingerprint density at radius 2 is 1.81 bits per heavy atom. The van der Waals surface area contributed by atoms with Gasteiger partial charge in [-0.05, 0) is 49.4 Å². The van der Waals surface area contributed by atoms with Gasteiger partial charge in [0.1, 0.15) is 11.6 Å². The zero-order chi connectivity index (χ0) is 14.8. The fourth-order valence-corrected chi connectivity index (χ4v) is 2.66. The second kappa shape index (κ2) is 5.94. The van der Waals surface area contributed by atoms with Gasteiger partial charge in [0.25, 0.3) is 0 Å². The summed E-state index contributed by atoms with van der Waals surface area (Å²) >= 11 is 0. The molecule has 0 aliphatic heterocycles. The minimum absolute atomic E-state index is 0.216. The quantitative estimate of drug-likeness (QED) is 0.853. The van der Waals surface area contributed by atoms with Crippen LogP contribution in [0.4, 0.5) is 8.78 Å².